The first-order chi connectivity index (χ1) is 5.97. The number of fused-ring (bicyclic) bond motifs is 1. The first-order valence-corrected chi connectivity index (χ1v) is 3.86. The van der Waals surface area contributed by atoms with Gasteiger partial charge in [-0.15, -0.1) is 0 Å². The van der Waals surface area contributed by atoms with Crippen molar-refractivity contribution in [3.63, 3.8) is 0 Å². The summed E-state index contributed by atoms with van der Waals surface area (Å²) in [5.74, 6) is 0.894. The Balaban J connectivity index is 2.40. The molecule has 1 aliphatic heterocycles. The van der Waals surface area contributed by atoms with Crippen molar-refractivity contribution >= 4 is 6.21 Å². The van der Waals surface area contributed by atoms with Gasteiger partial charge in [0.1, 0.15) is 5.75 Å². The summed E-state index contributed by atoms with van der Waals surface area (Å²) >= 11 is 0. The van der Waals surface area contributed by atoms with Gasteiger partial charge in [-0.05, 0) is 12.1 Å². The number of allylic oxidation sites excluding steroid dienone is 1. The molecule has 0 unspecified atom stereocenters. The van der Waals surface area contributed by atoms with Gasteiger partial charge in [-0.3, -0.25) is 4.99 Å². The number of aliphatic imine (C=N–C) groups is 1. The SMILES string of the molecule is C1=NCc2ccccc2O/C=C\1. The van der Waals surface area contributed by atoms with Crippen LogP contribution in [0.3, 0.4) is 0 Å². The Bertz CT molecular complexity index is 295. The highest BCUT2D eigenvalue weighted by atomic mass is 16.5. The predicted octanol–water partition coefficient (Wildman–Crippen LogP) is 2.16. The second-order valence-electron chi connectivity index (χ2n) is 2.54. The third kappa shape index (κ3) is 1.37. The fourth-order valence-corrected chi connectivity index (χ4v) is 1.11. The Hall–Kier alpha value is -1.57. The molecule has 1 aliphatic rings. The summed E-state index contributed by atoms with van der Waals surface area (Å²) in [5, 5.41) is 0. The van der Waals surface area contributed by atoms with E-state index >= 15 is 0 Å². The Morgan fingerprint density at radius 1 is 1.25 bits per heavy atom. The van der Waals surface area contributed by atoms with Gasteiger partial charge in [0.05, 0.1) is 12.8 Å². The molecule has 0 aliphatic carbocycles. The number of hydrogen-bond acceptors (Lipinski definition) is 2. The molecule has 1 aromatic carbocycles. The third-order valence-electron chi connectivity index (χ3n) is 1.70. The van der Waals surface area contributed by atoms with Gasteiger partial charge >= 0.3 is 0 Å². The molecule has 0 spiro atoms. The minimum Gasteiger partial charge on any atom is -0.465 e. The Morgan fingerprint density at radius 3 is 3.17 bits per heavy atom. The van der Waals surface area contributed by atoms with Crippen LogP contribution < -0.4 is 4.74 Å². The number of hydrogen-bond donors (Lipinski definition) is 0. The molecule has 60 valence electrons. The molecule has 0 fully saturated rings. The first-order valence-electron chi connectivity index (χ1n) is 3.86. The molecule has 2 rings (SSSR count). The summed E-state index contributed by atoms with van der Waals surface area (Å²) < 4.78 is 5.36. The molecular formula is C10H9NO. The standard InChI is InChI=1S/C10H9NO/c1-2-5-10-9(4-1)8-11-6-3-7-12-10/h1-7H,8H2/b7-3-,11-6?. The van der Waals surface area contributed by atoms with E-state index in [9.17, 15) is 0 Å². The van der Waals surface area contributed by atoms with Gasteiger partial charge in [-0.1, -0.05) is 18.2 Å². The van der Waals surface area contributed by atoms with Crippen LogP contribution in [0.5, 0.6) is 5.75 Å². The smallest absolute Gasteiger partial charge is 0.131 e. The van der Waals surface area contributed by atoms with E-state index < -0.39 is 0 Å². The van der Waals surface area contributed by atoms with Gasteiger partial charge in [0.25, 0.3) is 0 Å². The number of benzene rings is 1. The van der Waals surface area contributed by atoms with Crippen molar-refractivity contribution in [2.45, 2.75) is 6.54 Å². The maximum Gasteiger partial charge on any atom is 0.131 e. The molecule has 12 heavy (non-hydrogen) atoms. The summed E-state index contributed by atoms with van der Waals surface area (Å²) in [6.07, 6.45) is 5.17. The van der Waals surface area contributed by atoms with Crippen LogP contribution in [0.15, 0.2) is 41.6 Å². The fourth-order valence-electron chi connectivity index (χ4n) is 1.11. The van der Waals surface area contributed by atoms with E-state index in [2.05, 4.69) is 4.99 Å². The van der Waals surface area contributed by atoms with Crippen LogP contribution in [0.2, 0.25) is 0 Å². The maximum atomic E-state index is 5.36. The normalized spacial score (nSPS) is 17.0. The molecule has 0 saturated heterocycles. The lowest BCUT2D eigenvalue weighted by Crippen LogP contribution is -1.92. The highest BCUT2D eigenvalue weighted by Crippen LogP contribution is 2.19. The second kappa shape index (κ2) is 3.22. The maximum absolute atomic E-state index is 5.36. The summed E-state index contributed by atoms with van der Waals surface area (Å²) in [7, 11) is 0. The highest BCUT2D eigenvalue weighted by Gasteiger charge is 2.00. The van der Waals surface area contributed by atoms with Gasteiger partial charge < -0.3 is 4.74 Å². The van der Waals surface area contributed by atoms with Crippen molar-refractivity contribution in [1.29, 1.82) is 0 Å². The second-order valence-corrected chi connectivity index (χ2v) is 2.54. The molecule has 0 N–H and O–H groups in total. The first kappa shape index (κ1) is 7.10. The summed E-state index contributed by atoms with van der Waals surface area (Å²) in [4.78, 5) is 4.18. The molecular weight excluding hydrogens is 150 g/mol. The molecule has 0 aromatic heterocycles. The van der Waals surface area contributed by atoms with Crippen molar-refractivity contribution in [2.24, 2.45) is 4.99 Å². The third-order valence-corrected chi connectivity index (χ3v) is 1.70. The fraction of sp³-hybridized carbons (Fsp3) is 0.100. The summed E-state index contributed by atoms with van der Waals surface area (Å²) in [5.41, 5.74) is 1.12. The van der Waals surface area contributed by atoms with Gasteiger partial charge in [0.2, 0.25) is 0 Å². The van der Waals surface area contributed by atoms with Crippen molar-refractivity contribution < 1.29 is 4.74 Å². The van der Waals surface area contributed by atoms with Gasteiger partial charge in [0, 0.05) is 11.8 Å². The van der Waals surface area contributed by atoms with E-state index in [-0.39, 0.29) is 0 Å². The molecule has 1 heterocycles. The lowest BCUT2D eigenvalue weighted by Gasteiger charge is -2.06. The zero-order valence-electron chi connectivity index (χ0n) is 6.60. The molecule has 1 aromatic rings. The van der Waals surface area contributed by atoms with Crippen LogP contribution in [0.1, 0.15) is 5.56 Å². The number of para-hydroxylation sites is 1. The Kier molecular flexibility index (Phi) is 1.90. The lowest BCUT2D eigenvalue weighted by molar-refractivity contribution is 0.475. The Morgan fingerprint density at radius 2 is 2.17 bits per heavy atom. The van der Waals surface area contributed by atoms with E-state index in [4.69, 9.17) is 4.74 Å². The minimum absolute atomic E-state index is 0.695. The average molecular weight is 159 g/mol. The predicted molar refractivity (Wildman–Crippen MR) is 48.4 cm³/mol. The van der Waals surface area contributed by atoms with Gasteiger partial charge in [0.15, 0.2) is 0 Å². The van der Waals surface area contributed by atoms with Crippen molar-refractivity contribution in [2.75, 3.05) is 0 Å². The highest BCUT2D eigenvalue weighted by molar-refractivity contribution is 5.71. The Labute approximate surface area is 71.2 Å². The minimum atomic E-state index is 0.695. The zero-order chi connectivity index (χ0) is 8.23. The summed E-state index contributed by atoms with van der Waals surface area (Å²) in [6, 6.07) is 7.91. The van der Waals surface area contributed by atoms with Crippen LogP contribution in [-0.2, 0) is 6.54 Å². The van der Waals surface area contributed by atoms with Crippen molar-refractivity contribution in [1.82, 2.24) is 0 Å². The molecule has 0 saturated carbocycles. The van der Waals surface area contributed by atoms with Crippen LogP contribution >= 0.6 is 0 Å². The topological polar surface area (TPSA) is 21.6 Å². The molecule has 0 amide bonds. The molecule has 0 bridgehead atoms. The van der Waals surface area contributed by atoms with Crippen molar-refractivity contribution in [3.8, 4) is 5.75 Å². The number of ether oxygens (including phenoxy) is 1. The monoisotopic (exact) mass is 159 g/mol. The lowest BCUT2D eigenvalue weighted by atomic mass is 10.2. The summed E-state index contributed by atoms with van der Waals surface area (Å²) in [6.45, 7) is 0.695. The van der Waals surface area contributed by atoms with Gasteiger partial charge in [-0.25, -0.2) is 0 Å². The molecule has 0 atom stereocenters. The van der Waals surface area contributed by atoms with Crippen LogP contribution in [-0.4, -0.2) is 6.21 Å². The molecule has 2 heteroatoms. The number of nitrogens with zero attached hydrogens (tertiary/aromatic N) is 1. The molecule has 0 radical (unpaired) electrons. The van der Waals surface area contributed by atoms with E-state index in [0.29, 0.717) is 6.54 Å². The van der Waals surface area contributed by atoms with Crippen LogP contribution in [0.4, 0.5) is 0 Å². The van der Waals surface area contributed by atoms with E-state index in [1.165, 1.54) is 0 Å². The van der Waals surface area contributed by atoms with E-state index in [1.54, 1.807) is 18.6 Å². The van der Waals surface area contributed by atoms with Crippen LogP contribution in [0, 0.1) is 0 Å². The number of rotatable bonds is 0. The van der Waals surface area contributed by atoms with Gasteiger partial charge in [-0.2, -0.15) is 0 Å². The van der Waals surface area contributed by atoms with Crippen LogP contribution in [0.25, 0.3) is 0 Å². The zero-order valence-corrected chi connectivity index (χ0v) is 6.60. The largest absolute Gasteiger partial charge is 0.465 e. The van der Waals surface area contributed by atoms with E-state index in [1.807, 2.05) is 24.3 Å². The average Bonchev–Trinajstić information content (AvgIpc) is 2.06. The van der Waals surface area contributed by atoms with E-state index in [0.717, 1.165) is 11.3 Å². The van der Waals surface area contributed by atoms with Crippen molar-refractivity contribution in [3.05, 3.63) is 42.2 Å². The quantitative estimate of drug-likeness (QED) is 0.568. The molecule has 2 nitrogen and oxygen atoms in total.